The number of rotatable bonds is 2. The topological polar surface area (TPSA) is 84.7 Å². The molecule has 1 N–H and O–H groups in total. The largest absolute Gasteiger partial charge is 0.478 e. The second-order valence-electron chi connectivity index (χ2n) is 2.80. The summed E-state index contributed by atoms with van der Waals surface area (Å²) in [4.78, 5) is 22.9. The van der Waals surface area contributed by atoms with Crippen LogP contribution in [0.5, 0.6) is 0 Å². The van der Waals surface area contributed by atoms with Gasteiger partial charge in [-0.25, -0.2) is 14.8 Å². The van der Waals surface area contributed by atoms with Crippen molar-refractivity contribution in [3.05, 3.63) is 24.3 Å². The summed E-state index contributed by atoms with van der Waals surface area (Å²) >= 11 is 0. The molecule has 2 rings (SSSR count). The third-order valence-corrected chi connectivity index (χ3v) is 1.84. The minimum Gasteiger partial charge on any atom is -0.478 e. The van der Waals surface area contributed by atoms with Crippen molar-refractivity contribution >= 4 is 11.7 Å². The second-order valence-corrected chi connectivity index (χ2v) is 2.80. The Morgan fingerprint density at radius 1 is 1.50 bits per heavy atom. The molecule has 1 unspecified atom stereocenters. The zero-order chi connectivity index (χ0) is 9.97. The lowest BCUT2D eigenvalue weighted by Gasteiger charge is -1.99. The van der Waals surface area contributed by atoms with Crippen molar-refractivity contribution in [1.29, 1.82) is 0 Å². The Bertz CT molecular complexity index is 377. The molecule has 1 aromatic heterocycles. The predicted octanol–water partition coefficient (Wildman–Crippen LogP) is 0.0542. The molecule has 6 nitrogen and oxygen atoms in total. The summed E-state index contributed by atoms with van der Waals surface area (Å²) in [7, 11) is 0. The number of oxime groups is 1. The highest BCUT2D eigenvalue weighted by Gasteiger charge is 2.28. The quantitative estimate of drug-likeness (QED) is 0.717. The Labute approximate surface area is 79.2 Å². The molecule has 0 amide bonds. The number of carboxylic acid groups (broad SMARTS) is 1. The molecule has 0 aromatic carbocycles. The predicted molar refractivity (Wildman–Crippen MR) is 45.7 cm³/mol. The van der Waals surface area contributed by atoms with Gasteiger partial charge in [0.05, 0.1) is 5.71 Å². The smallest absolute Gasteiger partial charge is 0.348 e. The van der Waals surface area contributed by atoms with E-state index in [1.807, 2.05) is 0 Å². The van der Waals surface area contributed by atoms with Crippen LogP contribution in [0, 0.1) is 0 Å². The van der Waals surface area contributed by atoms with E-state index >= 15 is 0 Å². The normalized spacial score (nSPS) is 20.0. The van der Waals surface area contributed by atoms with Gasteiger partial charge in [-0.15, -0.1) is 0 Å². The van der Waals surface area contributed by atoms with Crippen molar-refractivity contribution in [1.82, 2.24) is 9.97 Å². The molecule has 0 saturated carbocycles. The number of aliphatic carboxylic acids is 1. The van der Waals surface area contributed by atoms with Crippen LogP contribution in [0.15, 0.2) is 23.9 Å². The van der Waals surface area contributed by atoms with E-state index in [0.29, 0.717) is 11.3 Å². The first kappa shape index (κ1) is 8.61. The average molecular weight is 193 g/mol. The molecule has 1 aliphatic rings. The van der Waals surface area contributed by atoms with Crippen LogP contribution in [-0.2, 0) is 9.63 Å². The van der Waals surface area contributed by atoms with E-state index in [1.54, 1.807) is 12.4 Å². The molecule has 0 fully saturated rings. The molecule has 14 heavy (non-hydrogen) atoms. The van der Waals surface area contributed by atoms with Crippen molar-refractivity contribution in [2.24, 2.45) is 5.16 Å². The minimum atomic E-state index is -1.01. The lowest BCUT2D eigenvalue weighted by molar-refractivity contribution is -0.148. The highest BCUT2D eigenvalue weighted by Crippen LogP contribution is 2.15. The van der Waals surface area contributed by atoms with E-state index in [1.165, 1.54) is 6.33 Å². The first-order chi connectivity index (χ1) is 6.77. The maximum atomic E-state index is 10.5. The van der Waals surface area contributed by atoms with Gasteiger partial charge in [0.1, 0.15) is 6.33 Å². The highest BCUT2D eigenvalue weighted by atomic mass is 16.7. The lowest BCUT2D eigenvalue weighted by Crippen LogP contribution is -2.19. The van der Waals surface area contributed by atoms with Crippen LogP contribution >= 0.6 is 0 Å². The van der Waals surface area contributed by atoms with Crippen LogP contribution in [-0.4, -0.2) is 32.9 Å². The fourth-order valence-corrected chi connectivity index (χ4v) is 1.13. The van der Waals surface area contributed by atoms with Gasteiger partial charge in [-0.2, -0.15) is 0 Å². The number of hydrogen-bond acceptors (Lipinski definition) is 5. The Hall–Kier alpha value is -1.98. The van der Waals surface area contributed by atoms with Gasteiger partial charge in [-0.05, 0) is 0 Å². The number of nitrogens with zero attached hydrogens (tertiary/aromatic N) is 3. The van der Waals surface area contributed by atoms with E-state index in [-0.39, 0.29) is 6.42 Å². The molecule has 0 bridgehead atoms. The molecular formula is C8H7N3O3. The summed E-state index contributed by atoms with van der Waals surface area (Å²) in [5, 5.41) is 12.3. The average Bonchev–Trinajstić information content (AvgIpc) is 2.68. The highest BCUT2D eigenvalue weighted by molar-refractivity contribution is 6.02. The maximum Gasteiger partial charge on any atom is 0.348 e. The van der Waals surface area contributed by atoms with Gasteiger partial charge in [0.2, 0.25) is 6.10 Å². The molecule has 0 radical (unpaired) electrons. The Balaban J connectivity index is 2.13. The van der Waals surface area contributed by atoms with Crippen LogP contribution in [0.4, 0.5) is 0 Å². The van der Waals surface area contributed by atoms with Crippen molar-refractivity contribution in [2.75, 3.05) is 0 Å². The van der Waals surface area contributed by atoms with Crippen LogP contribution < -0.4 is 0 Å². The van der Waals surface area contributed by atoms with Crippen molar-refractivity contribution in [3.8, 4) is 0 Å². The van der Waals surface area contributed by atoms with Crippen LogP contribution in [0.2, 0.25) is 0 Å². The first-order valence-corrected chi connectivity index (χ1v) is 3.98. The van der Waals surface area contributed by atoms with Gasteiger partial charge < -0.3 is 9.94 Å². The third-order valence-electron chi connectivity index (χ3n) is 1.84. The Morgan fingerprint density at radius 2 is 2.21 bits per heavy atom. The van der Waals surface area contributed by atoms with E-state index in [0.717, 1.165) is 0 Å². The monoisotopic (exact) mass is 193 g/mol. The number of carbonyl (C=O) groups is 1. The Morgan fingerprint density at radius 3 is 2.79 bits per heavy atom. The first-order valence-electron chi connectivity index (χ1n) is 3.98. The van der Waals surface area contributed by atoms with Gasteiger partial charge in [0, 0.05) is 24.4 Å². The SMILES string of the molecule is O=C(O)C1CC(c2cncnc2)=NO1. The number of carboxylic acids is 1. The summed E-state index contributed by atoms with van der Waals surface area (Å²) in [6.45, 7) is 0. The van der Waals surface area contributed by atoms with Crippen LogP contribution in [0.3, 0.4) is 0 Å². The third kappa shape index (κ3) is 1.54. The summed E-state index contributed by atoms with van der Waals surface area (Å²) in [6.07, 6.45) is 3.90. The zero-order valence-electron chi connectivity index (χ0n) is 7.12. The Kier molecular flexibility index (Phi) is 2.10. The molecule has 1 aliphatic heterocycles. The standard InChI is InChI=1S/C8H7N3O3/c12-8(13)7-1-6(11-14-7)5-2-9-4-10-3-5/h2-4,7H,1H2,(H,12,13). The van der Waals surface area contributed by atoms with E-state index in [4.69, 9.17) is 9.94 Å². The fraction of sp³-hybridized carbons (Fsp3) is 0.250. The van der Waals surface area contributed by atoms with E-state index < -0.39 is 12.1 Å². The summed E-state index contributed by atoms with van der Waals surface area (Å²) in [6, 6.07) is 0. The van der Waals surface area contributed by atoms with Crippen LogP contribution in [0.1, 0.15) is 12.0 Å². The number of hydrogen-bond donors (Lipinski definition) is 1. The minimum absolute atomic E-state index is 0.253. The van der Waals surface area contributed by atoms with Crippen molar-refractivity contribution < 1.29 is 14.7 Å². The lowest BCUT2D eigenvalue weighted by atomic mass is 10.1. The molecule has 1 aromatic rings. The van der Waals surface area contributed by atoms with Gasteiger partial charge >= 0.3 is 5.97 Å². The summed E-state index contributed by atoms with van der Waals surface area (Å²) in [5.74, 6) is -1.01. The van der Waals surface area contributed by atoms with Crippen molar-refractivity contribution in [2.45, 2.75) is 12.5 Å². The molecule has 0 saturated heterocycles. The van der Waals surface area contributed by atoms with Gasteiger partial charge in [0.15, 0.2) is 0 Å². The summed E-state index contributed by atoms with van der Waals surface area (Å²) in [5.41, 5.74) is 1.26. The zero-order valence-corrected chi connectivity index (χ0v) is 7.12. The molecule has 6 heteroatoms. The van der Waals surface area contributed by atoms with Gasteiger partial charge in [0.25, 0.3) is 0 Å². The molecule has 1 atom stereocenters. The summed E-state index contributed by atoms with van der Waals surface area (Å²) < 4.78 is 0. The van der Waals surface area contributed by atoms with Gasteiger partial charge in [-0.3, -0.25) is 0 Å². The molecule has 0 aliphatic carbocycles. The molecule has 0 spiro atoms. The second kappa shape index (κ2) is 3.41. The molecule has 2 heterocycles. The molecular weight excluding hydrogens is 186 g/mol. The number of aromatic nitrogens is 2. The maximum absolute atomic E-state index is 10.5. The van der Waals surface area contributed by atoms with Crippen molar-refractivity contribution in [3.63, 3.8) is 0 Å². The molecule has 72 valence electrons. The van der Waals surface area contributed by atoms with E-state index in [2.05, 4.69) is 15.1 Å². The van der Waals surface area contributed by atoms with E-state index in [9.17, 15) is 4.79 Å². The fourth-order valence-electron chi connectivity index (χ4n) is 1.13. The van der Waals surface area contributed by atoms with Crippen LogP contribution in [0.25, 0.3) is 0 Å². The van der Waals surface area contributed by atoms with Gasteiger partial charge in [-0.1, -0.05) is 5.16 Å².